The minimum absolute atomic E-state index is 0.278. The normalized spacial score (nSPS) is 11.0. The Morgan fingerprint density at radius 3 is 2.59 bits per heavy atom. The molecule has 0 aliphatic rings. The van der Waals surface area contributed by atoms with Crippen molar-refractivity contribution in [1.29, 1.82) is 0 Å². The summed E-state index contributed by atoms with van der Waals surface area (Å²) in [5, 5.41) is 5.45. The Hall–Kier alpha value is -1.47. The zero-order valence-corrected chi connectivity index (χ0v) is 9.93. The second-order valence-electron chi connectivity index (χ2n) is 3.24. The van der Waals surface area contributed by atoms with Gasteiger partial charge in [-0.1, -0.05) is 0 Å². The Bertz CT molecular complexity index is 434. The van der Waals surface area contributed by atoms with E-state index >= 15 is 0 Å². The largest absolute Gasteiger partial charge is 0.353 e. The van der Waals surface area contributed by atoms with Gasteiger partial charge in [-0.3, -0.25) is 14.2 Å². The average Bonchev–Trinajstić information content (AvgIpc) is 2.31. The number of H-pyrrole nitrogens is 1. The number of aryl methyl sites for hydroxylation is 1. The van der Waals surface area contributed by atoms with E-state index in [0.717, 1.165) is 4.57 Å². The van der Waals surface area contributed by atoms with Crippen LogP contribution in [0, 0.1) is 6.33 Å². The highest BCUT2D eigenvalue weighted by atomic mass is 16.7. The third-order valence-electron chi connectivity index (χ3n) is 2.06. The molecule has 1 N–H and O–H groups in total. The highest BCUT2D eigenvalue weighted by molar-refractivity contribution is 4.73. The van der Waals surface area contributed by atoms with Gasteiger partial charge in [0.15, 0.2) is 6.29 Å². The van der Waals surface area contributed by atoms with Crippen molar-refractivity contribution in [1.82, 2.24) is 14.8 Å². The quantitative estimate of drug-likeness (QED) is 0.515. The van der Waals surface area contributed by atoms with Crippen molar-refractivity contribution in [2.75, 3.05) is 13.2 Å². The third-order valence-corrected chi connectivity index (χ3v) is 2.06. The van der Waals surface area contributed by atoms with Gasteiger partial charge in [-0.2, -0.15) is 5.10 Å². The third kappa shape index (κ3) is 4.12. The molecule has 1 aromatic rings. The standard InChI is InChI=1S/C10H16N3O4/c1-3-16-8(17-4-2)5-6-13-7-11-12-9(14)10(13)15/h8H,3-6H2,1-2H3,(H,12,14). The maximum atomic E-state index is 11.4. The fraction of sp³-hybridized carbons (Fsp3) is 0.700. The molecule has 0 aromatic carbocycles. The fourth-order valence-electron chi connectivity index (χ4n) is 1.32. The van der Waals surface area contributed by atoms with Crippen molar-refractivity contribution in [3.63, 3.8) is 0 Å². The number of ether oxygens (including phenoxy) is 2. The summed E-state index contributed by atoms with van der Waals surface area (Å²) in [4.78, 5) is 22.4. The van der Waals surface area contributed by atoms with Gasteiger partial charge < -0.3 is 9.47 Å². The predicted octanol–water partition coefficient (Wildman–Crippen LogP) is -0.479. The van der Waals surface area contributed by atoms with Crippen LogP contribution in [0.3, 0.4) is 0 Å². The first-order valence-electron chi connectivity index (χ1n) is 5.49. The lowest BCUT2D eigenvalue weighted by molar-refractivity contribution is -0.141. The van der Waals surface area contributed by atoms with E-state index in [-0.39, 0.29) is 12.8 Å². The van der Waals surface area contributed by atoms with Gasteiger partial charge in [0.2, 0.25) is 6.33 Å². The van der Waals surface area contributed by atoms with Crippen LogP contribution >= 0.6 is 0 Å². The molecular formula is C10H16N3O4. The summed E-state index contributed by atoms with van der Waals surface area (Å²) in [7, 11) is 0. The number of nitrogens with zero attached hydrogens (tertiary/aromatic N) is 2. The molecule has 1 radical (unpaired) electrons. The molecule has 7 nitrogen and oxygen atoms in total. The molecule has 0 saturated carbocycles. The van der Waals surface area contributed by atoms with E-state index in [2.05, 4.69) is 11.4 Å². The van der Waals surface area contributed by atoms with Crippen molar-refractivity contribution in [3.05, 3.63) is 27.0 Å². The second-order valence-corrected chi connectivity index (χ2v) is 3.24. The van der Waals surface area contributed by atoms with Crippen LogP contribution in [0.25, 0.3) is 0 Å². The molecule has 1 aromatic heterocycles. The summed E-state index contributed by atoms with van der Waals surface area (Å²) < 4.78 is 11.7. The number of aromatic amines is 1. The molecule has 0 unspecified atom stereocenters. The van der Waals surface area contributed by atoms with Gasteiger partial charge in [0.25, 0.3) is 0 Å². The van der Waals surface area contributed by atoms with E-state index < -0.39 is 11.1 Å². The molecule has 0 fully saturated rings. The molecule has 95 valence electrons. The number of hydrogen-bond acceptors (Lipinski definition) is 5. The Morgan fingerprint density at radius 1 is 1.35 bits per heavy atom. The highest BCUT2D eigenvalue weighted by Gasteiger charge is 2.09. The van der Waals surface area contributed by atoms with E-state index in [1.165, 1.54) is 0 Å². The fourth-order valence-corrected chi connectivity index (χ4v) is 1.32. The molecule has 1 rings (SSSR count). The average molecular weight is 242 g/mol. The predicted molar refractivity (Wildman–Crippen MR) is 59.6 cm³/mol. The summed E-state index contributed by atoms with van der Waals surface area (Å²) >= 11 is 0. The molecule has 0 bridgehead atoms. The minimum atomic E-state index is -0.756. The summed E-state index contributed by atoms with van der Waals surface area (Å²) in [6.07, 6.45) is 2.48. The Labute approximate surface area is 98.4 Å². The summed E-state index contributed by atoms with van der Waals surface area (Å²) in [6, 6.07) is 0. The number of rotatable bonds is 7. The highest BCUT2D eigenvalue weighted by Crippen LogP contribution is 2.01. The van der Waals surface area contributed by atoms with Gasteiger partial charge in [-0.15, -0.1) is 0 Å². The molecule has 17 heavy (non-hydrogen) atoms. The lowest BCUT2D eigenvalue weighted by atomic mass is 10.4. The monoisotopic (exact) mass is 242 g/mol. The van der Waals surface area contributed by atoms with Crippen LogP contribution in [0.2, 0.25) is 0 Å². The smallest absolute Gasteiger partial charge is 0.330 e. The molecular weight excluding hydrogens is 226 g/mol. The first kappa shape index (κ1) is 13.6. The number of hydrogen-bond donors (Lipinski definition) is 1. The second kappa shape index (κ2) is 6.97. The first-order valence-corrected chi connectivity index (χ1v) is 5.49. The molecule has 7 heteroatoms. The van der Waals surface area contributed by atoms with Gasteiger partial charge >= 0.3 is 11.1 Å². The molecule has 0 aliphatic heterocycles. The van der Waals surface area contributed by atoms with Gasteiger partial charge in [-0.25, -0.2) is 5.10 Å². The Kier molecular flexibility index (Phi) is 5.58. The molecule has 0 aliphatic carbocycles. The molecule has 0 amide bonds. The van der Waals surface area contributed by atoms with E-state index in [1.807, 2.05) is 18.9 Å². The van der Waals surface area contributed by atoms with E-state index in [1.54, 1.807) is 0 Å². The zero-order chi connectivity index (χ0) is 12.7. The van der Waals surface area contributed by atoms with Crippen LogP contribution in [0.5, 0.6) is 0 Å². The number of nitrogens with one attached hydrogen (secondary N) is 1. The molecule has 0 spiro atoms. The van der Waals surface area contributed by atoms with Crippen molar-refractivity contribution >= 4 is 0 Å². The summed E-state index contributed by atoms with van der Waals surface area (Å²) in [6.45, 7) is 5.05. The molecule has 0 atom stereocenters. The minimum Gasteiger partial charge on any atom is -0.353 e. The first-order chi connectivity index (χ1) is 8.19. The zero-order valence-electron chi connectivity index (χ0n) is 9.93. The van der Waals surface area contributed by atoms with Crippen molar-refractivity contribution in [2.45, 2.75) is 33.1 Å². The molecule has 0 saturated heterocycles. The van der Waals surface area contributed by atoms with Crippen LogP contribution in [-0.4, -0.2) is 34.3 Å². The Morgan fingerprint density at radius 2 is 2.00 bits per heavy atom. The van der Waals surface area contributed by atoms with Gasteiger partial charge in [0, 0.05) is 26.2 Å². The van der Waals surface area contributed by atoms with Crippen LogP contribution in [0.15, 0.2) is 9.59 Å². The van der Waals surface area contributed by atoms with Gasteiger partial charge in [-0.05, 0) is 13.8 Å². The van der Waals surface area contributed by atoms with Gasteiger partial charge in [0.05, 0.1) is 0 Å². The summed E-state index contributed by atoms with van der Waals surface area (Å²) in [5.41, 5.74) is -1.43. The molecule has 1 heterocycles. The number of aromatic nitrogens is 3. The maximum absolute atomic E-state index is 11.4. The van der Waals surface area contributed by atoms with E-state index in [9.17, 15) is 9.59 Å². The van der Waals surface area contributed by atoms with E-state index in [4.69, 9.17) is 9.47 Å². The SMILES string of the molecule is CCOC(CCn1[c]n[nH]c(=O)c1=O)OCC. The lowest BCUT2D eigenvalue weighted by Crippen LogP contribution is -2.37. The van der Waals surface area contributed by atoms with E-state index in [0.29, 0.717) is 19.6 Å². The van der Waals surface area contributed by atoms with Crippen molar-refractivity contribution in [3.8, 4) is 0 Å². The van der Waals surface area contributed by atoms with Crippen LogP contribution in [0.1, 0.15) is 20.3 Å². The van der Waals surface area contributed by atoms with Crippen molar-refractivity contribution < 1.29 is 9.47 Å². The maximum Gasteiger partial charge on any atom is 0.330 e. The van der Waals surface area contributed by atoms with Gasteiger partial charge in [0.1, 0.15) is 0 Å². The van der Waals surface area contributed by atoms with Crippen LogP contribution in [-0.2, 0) is 16.0 Å². The van der Waals surface area contributed by atoms with Crippen molar-refractivity contribution in [2.24, 2.45) is 0 Å². The summed E-state index contributed by atoms with van der Waals surface area (Å²) in [5.74, 6) is 0. The lowest BCUT2D eigenvalue weighted by Gasteiger charge is -2.16. The topological polar surface area (TPSA) is 86.2 Å². The Balaban J connectivity index is 2.62. The van der Waals surface area contributed by atoms with Crippen LogP contribution < -0.4 is 11.1 Å². The van der Waals surface area contributed by atoms with Crippen LogP contribution in [0.4, 0.5) is 0 Å².